The van der Waals surface area contributed by atoms with E-state index >= 15 is 0 Å². The van der Waals surface area contributed by atoms with Gasteiger partial charge in [0.2, 0.25) is 0 Å². The SMILES string of the molecule is C[C@@H]1CN(Cc2ccc(C(=O)CO)cn2)C[C@H](C)N1Cc1ccccc1. The molecule has 3 rings (SSSR count). The van der Waals surface area contributed by atoms with E-state index in [4.69, 9.17) is 5.11 Å². The highest BCUT2D eigenvalue weighted by molar-refractivity contribution is 5.96. The van der Waals surface area contributed by atoms with Crippen LogP contribution in [0.15, 0.2) is 48.7 Å². The van der Waals surface area contributed by atoms with Gasteiger partial charge in [0.25, 0.3) is 0 Å². The van der Waals surface area contributed by atoms with Crippen LogP contribution >= 0.6 is 0 Å². The minimum Gasteiger partial charge on any atom is -0.388 e. The van der Waals surface area contributed by atoms with Gasteiger partial charge in [0.15, 0.2) is 5.78 Å². The molecule has 1 aromatic heterocycles. The van der Waals surface area contributed by atoms with E-state index in [0.717, 1.165) is 31.9 Å². The van der Waals surface area contributed by atoms with Gasteiger partial charge in [-0.15, -0.1) is 0 Å². The van der Waals surface area contributed by atoms with Gasteiger partial charge in [-0.25, -0.2) is 0 Å². The lowest BCUT2D eigenvalue weighted by Gasteiger charge is -2.44. The van der Waals surface area contributed by atoms with Crippen molar-refractivity contribution in [3.63, 3.8) is 0 Å². The number of piperazine rings is 1. The fraction of sp³-hybridized carbons (Fsp3) is 0.429. The first-order valence-electron chi connectivity index (χ1n) is 9.18. The molecule has 0 unspecified atom stereocenters. The predicted octanol–water partition coefficient (Wildman–Crippen LogP) is 2.35. The van der Waals surface area contributed by atoms with Crippen molar-refractivity contribution in [1.82, 2.24) is 14.8 Å². The summed E-state index contributed by atoms with van der Waals surface area (Å²) in [6.45, 7) is 7.84. The van der Waals surface area contributed by atoms with E-state index in [-0.39, 0.29) is 5.78 Å². The summed E-state index contributed by atoms with van der Waals surface area (Å²) >= 11 is 0. The summed E-state index contributed by atoms with van der Waals surface area (Å²) in [5.74, 6) is -0.291. The maximum absolute atomic E-state index is 11.5. The van der Waals surface area contributed by atoms with E-state index in [1.165, 1.54) is 5.56 Å². The van der Waals surface area contributed by atoms with Gasteiger partial charge in [0.05, 0.1) is 5.69 Å². The molecule has 26 heavy (non-hydrogen) atoms. The molecule has 1 saturated heterocycles. The molecule has 0 aliphatic carbocycles. The van der Waals surface area contributed by atoms with Crippen molar-refractivity contribution in [2.24, 2.45) is 0 Å². The third-order valence-electron chi connectivity index (χ3n) is 5.06. The largest absolute Gasteiger partial charge is 0.388 e. The molecule has 0 amide bonds. The lowest BCUT2D eigenvalue weighted by molar-refractivity contribution is 0.0285. The van der Waals surface area contributed by atoms with E-state index in [1.54, 1.807) is 12.3 Å². The minimum absolute atomic E-state index is 0.291. The van der Waals surface area contributed by atoms with Crippen LogP contribution in [0.2, 0.25) is 0 Å². The zero-order valence-electron chi connectivity index (χ0n) is 15.5. The van der Waals surface area contributed by atoms with E-state index in [2.05, 4.69) is 59.0 Å². The highest BCUT2D eigenvalue weighted by atomic mass is 16.3. The van der Waals surface area contributed by atoms with Crippen molar-refractivity contribution in [2.75, 3.05) is 19.7 Å². The minimum atomic E-state index is -0.473. The molecular formula is C21H27N3O2. The number of hydrogen-bond acceptors (Lipinski definition) is 5. The molecule has 1 aromatic carbocycles. The topological polar surface area (TPSA) is 56.7 Å². The van der Waals surface area contributed by atoms with Crippen LogP contribution < -0.4 is 0 Å². The molecule has 0 saturated carbocycles. The van der Waals surface area contributed by atoms with Gasteiger partial charge in [-0.1, -0.05) is 30.3 Å². The number of carbonyl (C=O) groups is 1. The third kappa shape index (κ3) is 4.55. The third-order valence-corrected chi connectivity index (χ3v) is 5.06. The normalized spacial score (nSPS) is 21.7. The average Bonchev–Trinajstić information content (AvgIpc) is 2.65. The molecular weight excluding hydrogens is 326 g/mol. The monoisotopic (exact) mass is 353 g/mol. The van der Waals surface area contributed by atoms with Gasteiger partial charge < -0.3 is 5.11 Å². The standard InChI is InChI=1S/C21H27N3O2/c1-16-11-23(14-20-9-8-19(10-22-20)21(26)15-25)12-17(2)24(16)13-18-6-4-3-5-7-18/h3-10,16-17,25H,11-15H2,1-2H3/t16-,17+. The molecule has 138 valence electrons. The number of aliphatic hydroxyl groups is 1. The molecule has 0 radical (unpaired) electrons. The van der Waals surface area contributed by atoms with Crippen LogP contribution in [0.5, 0.6) is 0 Å². The smallest absolute Gasteiger partial charge is 0.189 e. The second-order valence-corrected chi connectivity index (χ2v) is 7.17. The molecule has 1 aliphatic rings. The van der Waals surface area contributed by atoms with Crippen LogP contribution in [0.4, 0.5) is 0 Å². The molecule has 5 heteroatoms. The van der Waals surface area contributed by atoms with Crippen molar-refractivity contribution in [3.05, 3.63) is 65.5 Å². The molecule has 0 spiro atoms. The Morgan fingerprint density at radius 2 is 1.77 bits per heavy atom. The summed E-state index contributed by atoms with van der Waals surface area (Å²) in [6, 6.07) is 15.2. The Balaban J connectivity index is 1.59. The first-order chi connectivity index (χ1) is 12.6. The number of hydrogen-bond donors (Lipinski definition) is 1. The Labute approximate surface area is 155 Å². The van der Waals surface area contributed by atoms with Crippen LogP contribution in [0.1, 0.15) is 35.5 Å². The summed E-state index contributed by atoms with van der Waals surface area (Å²) in [5.41, 5.74) is 2.77. The highest BCUT2D eigenvalue weighted by Gasteiger charge is 2.29. The zero-order valence-corrected chi connectivity index (χ0v) is 15.5. The van der Waals surface area contributed by atoms with E-state index in [0.29, 0.717) is 17.6 Å². The number of aromatic nitrogens is 1. The Bertz CT molecular complexity index is 706. The van der Waals surface area contributed by atoms with Crippen molar-refractivity contribution >= 4 is 5.78 Å². The van der Waals surface area contributed by atoms with Crippen LogP contribution in [-0.4, -0.2) is 57.5 Å². The van der Waals surface area contributed by atoms with Gasteiger partial charge in [-0.05, 0) is 31.5 Å². The average molecular weight is 353 g/mol. The molecule has 0 bridgehead atoms. The van der Waals surface area contributed by atoms with Crippen molar-refractivity contribution in [1.29, 1.82) is 0 Å². The Kier molecular flexibility index (Phi) is 6.14. The first kappa shape index (κ1) is 18.7. The van der Waals surface area contributed by atoms with Crippen LogP contribution in [0.25, 0.3) is 0 Å². The summed E-state index contributed by atoms with van der Waals surface area (Å²) in [7, 11) is 0. The van der Waals surface area contributed by atoms with E-state index in [1.807, 2.05) is 6.07 Å². The second-order valence-electron chi connectivity index (χ2n) is 7.17. The molecule has 5 nitrogen and oxygen atoms in total. The number of Topliss-reactive ketones (excluding diaryl/α,β-unsaturated/α-hetero) is 1. The fourth-order valence-corrected chi connectivity index (χ4v) is 3.70. The molecule has 1 fully saturated rings. The number of benzene rings is 1. The maximum Gasteiger partial charge on any atom is 0.189 e. The van der Waals surface area contributed by atoms with Gasteiger partial charge in [-0.2, -0.15) is 0 Å². The first-order valence-corrected chi connectivity index (χ1v) is 9.18. The summed E-state index contributed by atoms with van der Waals surface area (Å²) in [4.78, 5) is 20.9. The van der Waals surface area contributed by atoms with Crippen LogP contribution in [0, 0.1) is 0 Å². The summed E-state index contributed by atoms with van der Waals surface area (Å²) in [6.07, 6.45) is 1.56. The van der Waals surface area contributed by atoms with Gasteiger partial charge in [0, 0.05) is 50.0 Å². The quantitative estimate of drug-likeness (QED) is 0.808. The lowest BCUT2D eigenvalue weighted by atomic mass is 10.1. The van der Waals surface area contributed by atoms with Crippen LogP contribution in [-0.2, 0) is 13.1 Å². The van der Waals surface area contributed by atoms with Crippen molar-refractivity contribution in [3.8, 4) is 0 Å². The van der Waals surface area contributed by atoms with Gasteiger partial charge >= 0.3 is 0 Å². The second kappa shape index (κ2) is 8.54. The van der Waals surface area contributed by atoms with Crippen molar-refractivity contribution < 1.29 is 9.90 Å². The Morgan fingerprint density at radius 1 is 1.08 bits per heavy atom. The predicted molar refractivity (Wildman–Crippen MR) is 102 cm³/mol. The van der Waals surface area contributed by atoms with E-state index in [9.17, 15) is 4.79 Å². The van der Waals surface area contributed by atoms with Gasteiger partial charge in [0.1, 0.15) is 6.61 Å². The molecule has 2 aromatic rings. The molecule has 2 heterocycles. The maximum atomic E-state index is 11.5. The lowest BCUT2D eigenvalue weighted by Crippen LogP contribution is -2.55. The van der Waals surface area contributed by atoms with Gasteiger partial charge in [-0.3, -0.25) is 19.6 Å². The number of aliphatic hydroxyl groups excluding tert-OH is 1. The fourth-order valence-electron chi connectivity index (χ4n) is 3.70. The van der Waals surface area contributed by atoms with E-state index < -0.39 is 6.61 Å². The number of nitrogens with zero attached hydrogens (tertiary/aromatic N) is 3. The molecule has 2 atom stereocenters. The van der Waals surface area contributed by atoms with Crippen LogP contribution in [0.3, 0.4) is 0 Å². The highest BCUT2D eigenvalue weighted by Crippen LogP contribution is 2.20. The van der Waals surface area contributed by atoms with Crippen molar-refractivity contribution in [2.45, 2.75) is 39.0 Å². The Morgan fingerprint density at radius 3 is 2.35 bits per heavy atom. The number of pyridine rings is 1. The number of carbonyl (C=O) groups excluding carboxylic acids is 1. The molecule has 1 aliphatic heterocycles. The summed E-state index contributed by atoms with van der Waals surface area (Å²) < 4.78 is 0. The number of ketones is 1. The summed E-state index contributed by atoms with van der Waals surface area (Å²) in [5, 5.41) is 8.92. The zero-order chi connectivity index (χ0) is 18.5. The molecule has 1 N–H and O–H groups in total. The Hall–Kier alpha value is -2.08. The number of rotatable bonds is 6.